The minimum atomic E-state index is -1.23. The summed E-state index contributed by atoms with van der Waals surface area (Å²) >= 11 is 0. The van der Waals surface area contributed by atoms with Gasteiger partial charge in [-0.2, -0.15) is 10.1 Å². The van der Waals surface area contributed by atoms with Gasteiger partial charge in [-0.1, -0.05) is 36.4 Å². The van der Waals surface area contributed by atoms with Crippen LogP contribution in [0.5, 0.6) is 0 Å². The van der Waals surface area contributed by atoms with Gasteiger partial charge in [0, 0.05) is 11.1 Å². The molecule has 1 fully saturated rings. The Morgan fingerprint density at radius 1 is 1.07 bits per heavy atom. The maximum Gasteiger partial charge on any atom is 0.363 e. The lowest BCUT2D eigenvalue weighted by atomic mass is 10.0. The molecular formula is C19H16N4O6. The standard InChI is InChI=1S/C19H16N4O6/c24-16(25)11-29-23-15-10-21(19(23)28)22(14-9-5-4-8-13(14)15)18(27)20-17(26)12-6-2-1-3-7-12/h1-9,15H,10-11H2,(H,24,25)(H,20,26,27). The molecule has 1 atom stereocenters. The van der Waals surface area contributed by atoms with Crippen molar-refractivity contribution in [2.45, 2.75) is 6.04 Å². The van der Waals surface area contributed by atoms with Crippen molar-refractivity contribution >= 4 is 29.6 Å². The van der Waals surface area contributed by atoms with Crippen LogP contribution in [0.3, 0.4) is 0 Å². The second-order valence-electron chi connectivity index (χ2n) is 6.37. The van der Waals surface area contributed by atoms with Gasteiger partial charge in [0.05, 0.1) is 12.2 Å². The predicted octanol–water partition coefficient (Wildman–Crippen LogP) is 1.77. The van der Waals surface area contributed by atoms with E-state index in [1.807, 2.05) is 0 Å². The number of anilines is 1. The number of para-hydroxylation sites is 1. The van der Waals surface area contributed by atoms with E-state index in [1.165, 1.54) is 0 Å². The number of carbonyl (C=O) groups excluding carboxylic acids is 3. The van der Waals surface area contributed by atoms with Gasteiger partial charge >= 0.3 is 18.0 Å². The lowest BCUT2D eigenvalue weighted by Gasteiger charge is -2.34. The van der Waals surface area contributed by atoms with Gasteiger partial charge in [0.2, 0.25) is 0 Å². The highest BCUT2D eigenvalue weighted by Crippen LogP contribution is 2.42. The number of hydroxylamine groups is 2. The van der Waals surface area contributed by atoms with Gasteiger partial charge in [0.1, 0.15) is 6.04 Å². The maximum atomic E-state index is 12.9. The summed E-state index contributed by atoms with van der Waals surface area (Å²) in [7, 11) is 0. The van der Waals surface area contributed by atoms with Crippen LogP contribution in [0.25, 0.3) is 0 Å². The molecule has 0 saturated carbocycles. The fourth-order valence-electron chi connectivity index (χ4n) is 3.35. The number of imide groups is 1. The predicted molar refractivity (Wildman–Crippen MR) is 98.5 cm³/mol. The molecule has 5 amide bonds. The van der Waals surface area contributed by atoms with Crippen molar-refractivity contribution in [3.05, 3.63) is 65.7 Å². The summed E-state index contributed by atoms with van der Waals surface area (Å²) in [5.41, 5.74) is 1.29. The third kappa shape index (κ3) is 3.25. The number of amides is 5. The third-order valence-corrected chi connectivity index (χ3v) is 4.58. The van der Waals surface area contributed by atoms with Gasteiger partial charge in [-0.05, 0) is 18.2 Å². The molecule has 2 aliphatic heterocycles. The van der Waals surface area contributed by atoms with Crippen LogP contribution in [-0.2, 0) is 9.63 Å². The van der Waals surface area contributed by atoms with E-state index in [1.54, 1.807) is 54.6 Å². The molecular weight excluding hydrogens is 380 g/mol. The molecule has 4 rings (SSSR count). The minimum Gasteiger partial charge on any atom is -0.479 e. The Kier molecular flexibility index (Phi) is 4.61. The van der Waals surface area contributed by atoms with Crippen molar-refractivity contribution in [3.63, 3.8) is 0 Å². The summed E-state index contributed by atoms with van der Waals surface area (Å²) in [5.74, 6) is -1.84. The summed E-state index contributed by atoms with van der Waals surface area (Å²) < 4.78 is 0. The van der Waals surface area contributed by atoms with Gasteiger partial charge < -0.3 is 5.11 Å². The van der Waals surface area contributed by atoms with Gasteiger partial charge in [-0.25, -0.2) is 19.4 Å². The molecule has 2 aromatic rings. The first kappa shape index (κ1) is 18.4. The van der Waals surface area contributed by atoms with E-state index in [9.17, 15) is 19.2 Å². The van der Waals surface area contributed by atoms with Crippen molar-refractivity contribution in [3.8, 4) is 0 Å². The lowest BCUT2D eigenvalue weighted by molar-refractivity contribution is -0.167. The van der Waals surface area contributed by atoms with Crippen molar-refractivity contribution in [1.82, 2.24) is 15.4 Å². The smallest absolute Gasteiger partial charge is 0.363 e. The molecule has 2 aromatic carbocycles. The summed E-state index contributed by atoms with van der Waals surface area (Å²) in [6.07, 6.45) is 0. The molecule has 0 aromatic heterocycles. The van der Waals surface area contributed by atoms with Crippen LogP contribution in [0.2, 0.25) is 0 Å². The third-order valence-electron chi connectivity index (χ3n) is 4.58. The maximum absolute atomic E-state index is 12.9. The first-order chi connectivity index (χ1) is 14.0. The molecule has 2 heterocycles. The quantitative estimate of drug-likeness (QED) is 0.813. The zero-order valence-corrected chi connectivity index (χ0v) is 15.0. The van der Waals surface area contributed by atoms with E-state index < -0.39 is 36.6 Å². The Morgan fingerprint density at radius 3 is 2.48 bits per heavy atom. The van der Waals surface area contributed by atoms with Crippen molar-refractivity contribution in [2.24, 2.45) is 0 Å². The van der Waals surface area contributed by atoms with Crippen LogP contribution in [0.1, 0.15) is 22.0 Å². The molecule has 10 heteroatoms. The Balaban J connectivity index is 1.63. The molecule has 0 radical (unpaired) electrons. The Hall–Kier alpha value is -3.92. The summed E-state index contributed by atoms with van der Waals surface area (Å²) in [6.45, 7) is -0.626. The average molecular weight is 396 g/mol. The molecule has 2 N–H and O–H groups in total. The van der Waals surface area contributed by atoms with E-state index in [4.69, 9.17) is 9.94 Å². The van der Waals surface area contributed by atoms with E-state index in [0.29, 0.717) is 16.8 Å². The number of carbonyl (C=O) groups is 4. The largest absolute Gasteiger partial charge is 0.479 e. The number of nitrogens with one attached hydrogen (secondary N) is 1. The van der Waals surface area contributed by atoms with E-state index in [-0.39, 0.29) is 6.54 Å². The zero-order chi connectivity index (χ0) is 20.5. The highest BCUT2D eigenvalue weighted by molar-refractivity contribution is 6.10. The molecule has 2 bridgehead atoms. The van der Waals surface area contributed by atoms with Crippen LogP contribution in [0, 0.1) is 0 Å². The van der Waals surface area contributed by atoms with E-state index >= 15 is 0 Å². The van der Waals surface area contributed by atoms with Crippen molar-refractivity contribution in [1.29, 1.82) is 0 Å². The number of benzene rings is 2. The van der Waals surface area contributed by atoms with Gasteiger partial charge in [-0.15, -0.1) is 0 Å². The number of hydrazine groups is 1. The molecule has 1 saturated heterocycles. The van der Waals surface area contributed by atoms with Crippen molar-refractivity contribution < 1.29 is 29.1 Å². The van der Waals surface area contributed by atoms with Gasteiger partial charge in [0.15, 0.2) is 6.61 Å². The van der Waals surface area contributed by atoms with Crippen LogP contribution in [-0.4, -0.2) is 52.3 Å². The Morgan fingerprint density at radius 2 is 1.76 bits per heavy atom. The number of aliphatic carboxylic acids is 1. The second-order valence-corrected chi connectivity index (χ2v) is 6.37. The van der Waals surface area contributed by atoms with Crippen LogP contribution >= 0.6 is 0 Å². The average Bonchev–Trinajstić information content (AvgIpc) is 2.99. The monoisotopic (exact) mass is 396 g/mol. The molecule has 1 unspecified atom stereocenters. The van der Waals surface area contributed by atoms with E-state index in [0.717, 1.165) is 15.1 Å². The number of hydrogen-bond donors (Lipinski definition) is 2. The number of carboxylic acid groups (broad SMARTS) is 1. The molecule has 2 aliphatic rings. The molecule has 0 spiro atoms. The van der Waals surface area contributed by atoms with Gasteiger partial charge in [-0.3, -0.25) is 14.9 Å². The lowest BCUT2D eigenvalue weighted by Crippen LogP contribution is -2.54. The van der Waals surface area contributed by atoms with Crippen LogP contribution in [0.15, 0.2) is 54.6 Å². The number of fused-ring (bicyclic) bond motifs is 4. The fraction of sp³-hybridized carbons (Fsp3) is 0.158. The molecule has 29 heavy (non-hydrogen) atoms. The first-order valence-electron chi connectivity index (χ1n) is 8.72. The zero-order valence-electron chi connectivity index (χ0n) is 15.0. The van der Waals surface area contributed by atoms with Crippen molar-refractivity contribution in [2.75, 3.05) is 18.2 Å². The summed E-state index contributed by atoms with van der Waals surface area (Å²) in [6, 6.07) is 12.9. The second kappa shape index (κ2) is 7.24. The topological polar surface area (TPSA) is 119 Å². The number of hydrogen-bond acceptors (Lipinski definition) is 5. The number of carboxylic acids is 1. The highest BCUT2D eigenvalue weighted by atomic mass is 16.7. The number of urea groups is 2. The Bertz CT molecular complexity index is 995. The normalized spacial score (nSPS) is 17.2. The first-order valence-corrected chi connectivity index (χ1v) is 8.72. The molecule has 0 aliphatic carbocycles. The highest BCUT2D eigenvalue weighted by Gasteiger charge is 2.50. The summed E-state index contributed by atoms with van der Waals surface area (Å²) in [5, 5.41) is 14.3. The number of nitrogens with zero attached hydrogens (tertiary/aromatic N) is 3. The van der Waals surface area contributed by atoms with E-state index in [2.05, 4.69) is 5.32 Å². The molecule has 148 valence electrons. The fourth-order valence-corrected chi connectivity index (χ4v) is 3.35. The Labute approximate surface area is 164 Å². The van der Waals surface area contributed by atoms with Gasteiger partial charge in [0.25, 0.3) is 5.91 Å². The SMILES string of the molecule is O=C(O)CON1C(=O)N2CC1c1ccccc1N2C(=O)NC(=O)c1ccccc1. The van der Waals surface area contributed by atoms with Crippen LogP contribution < -0.4 is 10.3 Å². The van der Waals surface area contributed by atoms with Crippen LogP contribution in [0.4, 0.5) is 15.3 Å². The number of rotatable bonds is 4. The minimum absolute atomic E-state index is 0.0718. The molecule has 10 nitrogen and oxygen atoms in total. The summed E-state index contributed by atoms with van der Waals surface area (Å²) in [4.78, 5) is 54.0.